The van der Waals surface area contributed by atoms with Gasteiger partial charge in [-0.15, -0.1) is 6.26 Å². The molecule has 1 aromatic carbocycles. The van der Waals surface area contributed by atoms with Crippen LogP contribution < -0.4 is 34.7 Å². The second-order valence-electron chi connectivity index (χ2n) is 2.01. The van der Waals surface area contributed by atoms with Gasteiger partial charge in [-0.3, -0.25) is 0 Å². The van der Waals surface area contributed by atoms with Crippen LogP contribution in [-0.4, -0.2) is 0 Å². The number of hydrogen-bond acceptors (Lipinski definition) is 2. The van der Waals surface area contributed by atoms with Crippen molar-refractivity contribution in [3.63, 3.8) is 0 Å². The third-order valence-corrected chi connectivity index (χ3v) is 1.32. The Kier molecular flexibility index (Phi) is 5.48. The fourth-order valence-electron chi connectivity index (χ4n) is 0.777. The minimum atomic E-state index is 0. The summed E-state index contributed by atoms with van der Waals surface area (Å²) in [5, 5.41) is 18.7. The molecule has 0 saturated carbocycles. The molecule has 0 saturated heterocycles. The number of allylic oxidation sites excluding steroid dienone is 1. The van der Waals surface area contributed by atoms with Crippen molar-refractivity contribution in [3.8, 4) is 6.07 Å². The summed E-state index contributed by atoms with van der Waals surface area (Å²) in [6.45, 7) is 0. The van der Waals surface area contributed by atoms with Crippen molar-refractivity contribution in [3.05, 3.63) is 42.2 Å². The van der Waals surface area contributed by atoms with E-state index in [-0.39, 0.29) is 35.1 Å². The summed E-state index contributed by atoms with van der Waals surface area (Å²) in [6, 6.07) is 10.7. The van der Waals surface area contributed by atoms with Crippen LogP contribution in [-0.2, 0) is 0 Å². The zero-order chi connectivity index (χ0) is 8.10. The molecule has 0 aliphatic carbocycles. The van der Waals surface area contributed by atoms with Gasteiger partial charge in [0.25, 0.3) is 0 Å². The topological polar surface area (TPSA) is 46.8 Å². The zero-order valence-electron chi connectivity index (χ0n) is 6.82. The van der Waals surface area contributed by atoms with E-state index >= 15 is 0 Å². The summed E-state index contributed by atoms with van der Waals surface area (Å²) >= 11 is 0. The van der Waals surface area contributed by atoms with E-state index in [1.165, 1.54) is 0 Å². The summed E-state index contributed by atoms with van der Waals surface area (Å²) in [6.07, 6.45) is 0.565. The van der Waals surface area contributed by atoms with E-state index in [4.69, 9.17) is 5.26 Å². The molecule has 54 valence electrons. The van der Waals surface area contributed by atoms with E-state index < -0.39 is 0 Å². The third-order valence-electron chi connectivity index (χ3n) is 1.32. The van der Waals surface area contributed by atoms with Crippen LogP contribution in [0, 0.1) is 11.3 Å². The van der Waals surface area contributed by atoms with Gasteiger partial charge < -0.3 is 5.11 Å². The quantitative estimate of drug-likeness (QED) is 0.274. The Labute approximate surface area is 93.4 Å². The fraction of sp³-hybridized carbons (Fsp3) is 0. The molecule has 1 rings (SSSR count). The van der Waals surface area contributed by atoms with Crippen molar-refractivity contribution in [2.24, 2.45) is 0 Å². The Bertz CT molecular complexity index is 300. The van der Waals surface area contributed by atoms with Gasteiger partial charge in [0.1, 0.15) is 0 Å². The molecular weight excluding hydrogens is 161 g/mol. The monoisotopic (exact) mass is 167 g/mol. The normalized spacial score (nSPS) is 9.75. The fourth-order valence-corrected chi connectivity index (χ4v) is 0.777. The predicted octanol–water partition coefficient (Wildman–Crippen LogP) is -2.08. The Hall–Kier alpha value is -0.750. The van der Waals surface area contributed by atoms with Gasteiger partial charge in [-0.2, -0.15) is 5.26 Å². The van der Waals surface area contributed by atoms with Crippen LogP contribution in [0.25, 0.3) is 5.57 Å². The second kappa shape index (κ2) is 5.84. The maximum absolute atomic E-state index is 10.3. The summed E-state index contributed by atoms with van der Waals surface area (Å²) in [5.74, 6) is 0. The van der Waals surface area contributed by atoms with Gasteiger partial charge in [-0.1, -0.05) is 30.3 Å². The first kappa shape index (κ1) is 11.2. The van der Waals surface area contributed by atoms with E-state index in [2.05, 4.69) is 0 Å². The smallest absolute Gasteiger partial charge is 0.877 e. The van der Waals surface area contributed by atoms with Crippen LogP contribution >= 0.6 is 0 Å². The average molecular weight is 167 g/mol. The number of rotatable bonds is 1. The van der Waals surface area contributed by atoms with E-state index in [0.717, 1.165) is 0 Å². The van der Waals surface area contributed by atoms with Gasteiger partial charge in [-0.05, 0) is 5.56 Å². The molecule has 0 heterocycles. The molecule has 0 bridgehead atoms. The Morgan fingerprint density at radius 1 is 1.33 bits per heavy atom. The Morgan fingerprint density at radius 3 is 2.33 bits per heavy atom. The summed E-state index contributed by atoms with van der Waals surface area (Å²) < 4.78 is 0. The Balaban J connectivity index is 0.00000121. The molecule has 0 unspecified atom stereocenters. The van der Waals surface area contributed by atoms with Gasteiger partial charge in [0, 0.05) is 5.57 Å². The second-order valence-corrected chi connectivity index (χ2v) is 2.01. The number of hydrogen-bond donors (Lipinski definition) is 0. The molecule has 0 aromatic heterocycles. The largest absolute Gasteiger partial charge is 1.00 e. The van der Waals surface area contributed by atoms with E-state index in [1.807, 2.05) is 12.1 Å². The van der Waals surface area contributed by atoms with E-state index in [1.54, 1.807) is 24.3 Å². The van der Waals surface area contributed by atoms with E-state index in [9.17, 15) is 5.11 Å². The molecule has 0 fully saturated rings. The first-order valence-electron chi connectivity index (χ1n) is 3.16. The van der Waals surface area contributed by atoms with E-state index in [0.29, 0.717) is 11.8 Å². The van der Waals surface area contributed by atoms with Crippen molar-refractivity contribution in [2.45, 2.75) is 0 Å². The standard InChI is InChI=1S/C9H7NO.Na/c10-6-9(7-11)8-4-2-1-3-5-8;/h1-5,7,11H;/q;+1/p-1. The van der Waals surface area contributed by atoms with Crippen molar-refractivity contribution >= 4 is 5.57 Å². The minimum absolute atomic E-state index is 0. The van der Waals surface area contributed by atoms with Crippen LogP contribution in [0.3, 0.4) is 0 Å². The number of nitriles is 1. The molecule has 0 aliphatic heterocycles. The molecule has 0 spiro atoms. The summed E-state index contributed by atoms with van der Waals surface area (Å²) in [5.41, 5.74) is 0.843. The molecule has 0 amide bonds. The molecule has 0 atom stereocenters. The van der Waals surface area contributed by atoms with Crippen molar-refractivity contribution in [1.82, 2.24) is 0 Å². The van der Waals surface area contributed by atoms with Gasteiger partial charge in [-0.25, -0.2) is 0 Å². The van der Waals surface area contributed by atoms with Gasteiger partial charge in [0.05, 0.1) is 6.07 Å². The maximum atomic E-state index is 10.3. The van der Waals surface area contributed by atoms with Crippen molar-refractivity contribution in [2.75, 3.05) is 0 Å². The molecule has 3 heteroatoms. The summed E-state index contributed by atoms with van der Waals surface area (Å²) in [7, 11) is 0. The predicted molar refractivity (Wildman–Crippen MR) is 40.0 cm³/mol. The van der Waals surface area contributed by atoms with Crippen molar-refractivity contribution in [1.29, 1.82) is 5.26 Å². The number of nitrogens with zero attached hydrogens (tertiary/aromatic N) is 1. The molecule has 0 radical (unpaired) electrons. The molecule has 12 heavy (non-hydrogen) atoms. The molecule has 2 nitrogen and oxygen atoms in total. The van der Waals surface area contributed by atoms with Gasteiger partial charge in [0.15, 0.2) is 0 Å². The maximum Gasteiger partial charge on any atom is 1.00 e. The van der Waals surface area contributed by atoms with Crippen LogP contribution in [0.5, 0.6) is 0 Å². The van der Waals surface area contributed by atoms with Crippen LogP contribution in [0.15, 0.2) is 36.6 Å². The van der Waals surface area contributed by atoms with Gasteiger partial charge in [0.2, 0.25) is 0 Å². The van der Waals surface area contributed by atoms with Crippen LogP contribution in [0.1, 0.15) is 5.56 Å². The Morgan fingerprint density at radius 2 is 1.92 bits per heavy atom. The number of benzene rings is 1. The molecular formula is C9H6NNaO. The third kappa shape index (κ3) is 2.71. The average Bonchev–Trinajstić information content (AvgIpc) is 2.09. The zero-order valence-corrected chi connectivity index (χ0v) is 8.82. The minimum Gasteiger partial charge on any atom is -0.877 e. The molecule has 0 aliphatic rings. The first-order valence-corrected chi connectivity index (χ1v) is 3.16. The van der Waals surface area contributed by atoms with Crippen LogP contribution in [0.4, 0.5) is 0 Å². The van der Waals surface area contributed by atoms with Crippen LogP contribution in [0.2, 0.25) is 0 Å². The molecule has 0 N–H and O–H groups in total. The SMILES string of the molecule is N#CC(=C[O-])c1ccccc1.[Na+]. The molecule has 1 aromatic rings. The first-order chi connectivity index (χ1) is 5.38. The van der Waals surface area contributed by atoms with Crippen molar-refractivity contribution < 1.29 is 34.7 Å². The van der Waals surface area contributed by atoms with Gasteiger partial charge >= 0.3 is 29.6 Å². The summed E-state index contributed by atoms with van der Waals surface area (Å²) in [4.78, 5) is 0.